The molecule has 1 saturated heterocycles. The van der Waals surface area contributed by atoms with Crippen LogP contribution in [0.25, 0.3) is 11.1 Å². The molecule has 5 N–H and O–H groups in total. The molecule has 9 nitrogen and oxygen atoms in total. The second-order valence-electron chi connectivity index (χ2n) is 17.4. The van der Waals surface area contributed by atoms with E-state index in [4.69, 9.17) is 15.2 Å². The molecule has 0 saturated carbocycles. The van der Waals surface area contributed by atoms with Crippen LogP contribution in [0.4, 0.5) is 11.4 Å². The number of para-hydroxylation sites is 2. The third-order valence-corrected chi connectivity index (χ3v) is 12.3. The van der Waals surface area contributed by atoms with Gasteiger partial charge in [0.25, 0.3) is 0 Å². The Morgan fingerprint density at radius 2 is 1.25 bits per heavy atom. The summed E-state index contributed by atoms with van der Waals surface area (Å²) in [4.78, 5) is 27.9. The zero-order valence-corrected chi connectivity index (χ0v) is 38.3. The van der Waals surface area contributed by atoms with Crippen LogP contribution in [0.2, 0.25) is 0 Å². The zero-order valence-electron chi connectivity index (χ0n) is 38.3. The molecule has 1 aliphatic rings. The van der Waals surface area contributed by atoms with Crippen molar-refractivity contribution >= 4 is 23.2 Å². The first-order valence-electron chi connectivity index (χ1n) is 24.2. The molecular weight excluding hydrogens is 785 g/mol. The first-order valence-corrected chi connectivity index (χ1v) is 24.2. The van der Waals surface area contributed by atoms with E-state index in [0.717, 1.165) is 65.9 Å². The van der Waals surface area contributed by atoms with E-state index >= 15 is 0 Å². The number of hydrogen-bond donors (Lipinski definition) is 4. The number of nitrogens with one attached hydrogen (secondary N) is 2. The predicted octanol–water partition coefficient (Wildman–Crippen LogP) is 12.2. The number of benzene rings is 4. The Morgan fingerprint density at radius 3 is 1.92 bits per heavy atom. The lowest BCUT2D eigenvalue weighted by Crippen LogP contribution is -2.40. The average molecular weight is 861 g/mol. The van der Waals surface area contributed by atoms with Crippen molar-refractivity contribution in [3.8, 4) is 11.1 Å². The average Bonchev–Trinajstić information content (AvgIpc) is 3.31. The number of nitrogens with two attached hydrogens (primary N) is 1. The monoisotopic (exact) mass is 861 g/mol. The van der Waals surface area contributed by atoms with E-state index in [1.807, 2.05) is 36.4 Å². The van der Waals surface area contributed by atoms with Crippen LogP contribution in [0.15, 0.2) is 97.1 Å². The van der Waals surface area contributed by atoms with E-state index in [9.17, 15) is 14.7 Å². The van der Waals surface area contributed by atoms with Gasteiger partial charge in [0.15, 0.2) is 6.29 Å². The van der Waals surface area contributed by atoms with E-state index in [1.54, 1.807) is 12.1 Å². The molecule has 0 bridgehead atoms. The summed E-state index contributed by atoms with van der Waals surface area (Å²) < 4.78 is 13.6. The molecule has 1 fully saturated rings. The van der Waals surface area contributed by atoms with Gasteiger partial charge in [-0.15, -0.1) is 0 Å². The van der Waals surface area contributed by atoms with Crippen molar-refractivity contribution in [2.45, 2.75) is 161 Å². The Morgan fingerprint density at radius 1 is 0.667 bits per heavy atom. The van der Waals surface area contributed by atoms with Crippen LogP contribution in [0.5, 0.6) is 0 Å². The fourth-order valence-corrected chi connectivity index (χ4v) is 8.48. The first-order chi connectivity index (χ1) is 30.9. The van der Waals surface area contributed by atoms with Gasteiger partial charge < -0.3 is 35.8 Å². The summed E-state index contributed by atoms with van der Waals surface area (Å²) in [7, 11) is 0. The quantitative estimate of drug-likeness (QED) is 0.0316. The van der Waals surface area contributed by atoms with Crippen molar-refractivity contribution in [2.24, 2.45) is 0 Å². The number of ether oxygens (including phenoxy) is 2. The first kappa shape index (κ1) is 49.5. The molecule has 342 valence electrons. The smallest absolute Gasteiger partial charge is 0.224 e. The molecule has 4 aromatic rings. The molecule has 63 heavy (non-hydrogen) atoms. The van der Waals surface area contributed by atoms with Crippen LogP contribution in [-0.2, 0) is 32.2 Å². The van der Waals surface area contributed by atoms with Crippen molar-refractivity contribution in [1.82, 2.24) is 10.2 Å². The highest BCUT2D eigenvalue weighted by Crippen LogP contribution is 2.39. The molecule has 9 heteroatoms. The number of carbonyl (C=O) groups is 2. The minimum atomic E-state index is -0.517. The Balaban J connectivity index is 1.18. The molecule has 0 aromatic heterocycles. The van der Waals surface area contributed by atoms with E-state index in [1.165, 1.54) is 77.0 Å². The number of carbonyl (C=O) groups excluding carboxylic acids is 2. The fraction of sp³-hybridized carbons (Fsp3) is 0.519. The summed E-state index contributed by atoms with van der Waals surface area (Å²) in [6, 6.07) is 32.1. The summed E-state index contributed by atoms with van der Waals surface area (Å²) in [5, 5.41) is 15.7. The summed E-state index contributed by atoms with van der Waals surface area (Å²) in [5.74, 6) is -0.0697. The molecule has 4 aromatic carbocycles. The van der Waals surface area contributed by atoms with Crippen LogP contribution in [-0.4, -0.2) is 47.6 Å². The minimum absolute atomic E-state index is 0.000815. The van der Waals surface area contributed by atoms with Gasteiger partial charge in [0.2, 0.25) is 11.8 Å². The molecule has 0 unspecified atom stereocenters. The highest BCUT2D eigenvalue weighted by Gasteiger charge is 2.33. The van der Waals surface area contributed by atoms with Crippen LogP contribution >= 0.6 is 0 Å². The van der Waals surface area contributed by atoms with Crippen LogP contribution < -0.4 is 16.4 Å². The predicted molar refractivity (Wildman–Crippen MR) is 258 cm³/mol. The molecule has 0 spiro atoms. The molecule has 1 aliphatic heterocycles. The number of nitrogens with zero attached hydrogens (tertiary/aromatic N) is 1. The van der Waals surface area contributed by atoms with Gasteiger partial charge in [0.1, 0.15) is 0 Å². The number of anilines is 2. The lowest BCUT2D eigenvalue weighted by molar-refractivity contribution is -0.253. The number of amides is 2. The van der Waals surface area contributed by atoms with Gasteiger partial charge in [-0.05, 0) is 78.7 Å². The molecule has 2 amide bonds. The highest BCUT2D eigenvalue weighted by molar-refractivity contribution is 5.93. The summed E-state index contributed by atoms with van der Waals surface area (Å²) in [6.45, 7) is 8.08. The van der Waals surface area contributed by atoms with Crippen LogP contribution in [0, 0.1) is 0 Å². The summed E-state index contributed by atoms with van der Waals surface area (Å²) in [5.41, 5.74) is 13.3. The maximum absolute atomic E-state index is 12.9. The lowest BCUT2D eigenvalue weighted by Gasteiger charge is -2.38. The van der Waals surface area contributed by atoms with Gasteiger partial charge in [-0.25, -0.2) is 0 Å². The van der Waals surface area contributed by atoms with Gasteiger partial charge in [-0.3, -0.25) is 9.59 Å². The Kier molecular flexibility index (Phi) is 22.2. The second kappa shape index (κ2) is 28.3. The summed E-state index contributed by atoms with van der Waals surface area (Å²) >= 11 is 0. The molecule has 0 radical (unpaired) electrons. The Labute approximate surface area is 378 Å². The van der Waals surface area contributed by atoms with Gasteiger partial charge in [-0.1, -0.05) is 169 Å². The van der Waals surface area contributed by atoms with Crippen molar-refractivity contribution in [3.05, 3.63) is 119 Å². The van der Waals surface area contributed by atoms with Crippen LogP contribution in [0.3, 0.4) is 0 Å². The van der Waals surface area contributed by atoms with E-state index < -0.39 is 6.29 Å². The Hall–Kier alpha value is -4.54. The van der Waals surface area contributed by atoms with Crippen molar-refractivity contribution < 1.29 is 24.2 Å². The van der Waals surface area contributed by atoms with Crippen molar-refractivity contribution in [3.63, 3.8) is 0 Å². The number of aliphatic hydroxyl groups is 1. The fourth-order valence-electron chi connectivity index (χ4n) is 8.48. The number of aliphatic hydroxyl groups excluding tert-OH is 1. The lowest BCUT2D eigenvalue weighted by atomic mass is 9.97. The summed E-state index contributed by atoms with van der Waals surface area (Å²) in [6.07, 6.45) is 18.6. The van der Waals surface area contributed by atoms with Gasteiger partial charge >= 0.3 is 0 Å². The maximum Gasteiger partial charge on any atom is 0.224 e. The highest BCUT2D eigenvalue weighted by atomic mass is 16.7. The number of rotatable bonds is 29. The number of hydrogen-bond acceptors (Lipinski definition) is 7. The van der Waals surface area contributed by atoms with Gasteiger partial charge in [0, 0.05) is 37.9 Å². The minimum Gasteiger partial charge on any atom is -0.397 e. The number of nitrogen functional groups attached to an aromatic ring is 1. The normalized spacial score (nSPS) is 16.3. The molecule has 1 heterocycles. The van der Waals surface area contributed by atoms with E-state index in [-0.39, 0.29) is 30.6 Å². The SMILES string of the molecule is CCCCCCCCN(CCCCCCCC)C[C@@H]1C[C@H](c2ccc(CO)cc2)O[C@H](c2ccc(-c3ccccc3CNC(=O)CCCCCC(=O)Nc3ccccc3N)cc2)O1. The van der Waals surface area contributed by atoms with Gasteiger partial charge in [0.05, 0.1) is 30.2 Å². The Bertz CT molecular complexity index is 1890. The third-order valence-electron chi connectivity index (χ3n) is 12.3. The molecule has 5 rings (SSSR count). The maximum atomic E-state index is 12.9. The molecule has 0 aliphatic carbocycles. The zero-order chi connectivity index (χ0) is 44.5. The largest absolute Gasteiger partial charge is 0.397 e. The van der Waals surface area contributed by atoms with E-state index in [0.29, 0.717) is 43.6 Å². The van der Waals surface area contributed by atoms with Crippen molar-refractivity contribution in [2.75, 3.05) is 30.7 Å². The third kappa shape index (κ3) is 17.5. The molecule has 3 atom stereocenters. The standard InChI is InChI=1S/C54H76N4O5/c1-3-5-7-9-11-20-36-58(37-21-12-10-8-6-4-2)40-47-38-51(44-30-28-42(41-59)29-31-44)63-54(62-47)45-34-32-43(33-35-45)48-23-17-16-22-46(48)39-56-52(60)26-14-13-15-27-53(61)57-50-25-19-18-24-49(50)55/h16-19,22-25,28-35,47,51,54,59H,3-15,20-21,26-27,36-41,55H2,1-2H3,(H,56,60)(H,57,61)/t47-,51+,54+/m0/s1. The second-order valence-corrected chi connectivity index (χ2v) is 17.4. The molecular formula is C54H76N4O5. The van der Waals surface area contributed by atoms with E-state index in [2.05, 4.69) is 77.9 Å². The number of unbranched alkanes of at least 4 members (excludes halogenated alkanes) is 12. The topological polar surface area (TPSA) is 126 Å². The van der Waals surface area contributed by atoms with Crippen molar-refractivity contribution in [1.29, 1.82) is 0 Å². The van der Waals surface area contributed by atoms with Gasteiger partial charge in [-0.2, -0.15) is 0 Å². The van der Waals surface area contributed by atoms with Crippen LogP contribution in [0.1, 0.15) is 164 Å².